The summed E-state index contributed by atoms with van der Waals surface area (Å²) in [6.45, 7) is 3.00. The van der Waals surface area contributed by atoms with Crippen LogP contribution in [0.3, 0.4) is 0 Å². The van der Waals surface area contributed by atoms with Gasteiger partial charge in [0.1, 0.15) is 6.10 Å². The Balaban J connectivity index is 3.07. The van der Waals surface area contributed by atoms with E-state index >= 15 is 0 Å². The molecule has 1 atom stereocenters. The Hall–Kier alpha value is -3.22. The van der Waals surface area contributed by atoms with E-state index < -0.39 is 34.1 Å². The highest BCUT2D eigenvalue weighted by molar-refractivity contribution is 6.23. The van der Waals surface area contributed by atoms with Gasteiger partial charge in [-0.1, -0.05) is 0 Å². The summed E-state index contributed by atoms with van der Waals surface area (Å²) in [5, 5.41) is 18.7. The molecule has 1 unspecified atom stereocenters. The number of hydrogen-bond acceptors (Lipinski definition) is 11. The lowest BCUT2D eigenvalue weighted by atomic mass is 9.89. The number of allylic oxidation sites excluding steroid dienone is 2. The molecule has 0 saturated heterocycles. The van der Waals surface area contributed by atoms with Crippen molar-refractivity contribution in [1.29, 1.82) is 0 Å². The van der Waals surface area contributed by atoms with E-state index in [1.165, 1.54) is 21.1 Å². The maximum atomic E-state index is 12.6. The summed E-state index contributed by atoms with van der Waals surface area (Å²) in [5.74, 6) is -1.67. The van der Waals surface area contributed by atoms with Crippen LogP contribution in [0.25, 0.3) is 0 Å². The second-order valence-corrected chi connectivity index (χ2v) is 5.39. The van der Waals surface area contributed by atoms with Crippen molar-refractivity contribution in [3.8, 4) is 0 Å². The van der Waals surface area contributed by atoms with Crippen LogP contribution in [0.2, 0.25) is 0 Å². The summed E-state index contributed by atoms with van der Waals surface area (Å²) in [6, 6.07) is 0. The van der Waals surface area contributed by atoms with Crippen molar-refractivity contribution in [2.24, 2.45) is 0 Å². The average molecular weight is 404 g/mol. The highest BCUT2D eigenvalue weighted by Gasteiger charge is 2.36. The van der Waals surface area contributed by atoms with E-state index in [0.717, 1.165) is 0 Å². The minimum absolute atomic E-state index is 0.0330. The van der Waals surface area contributed by atoms with E-state index in [1.807, 2.05) is 0 Å². The van der Waals surface area contributed by atoms with Crippen molar-refractivity contribution >= 4 is 11.6 Å². The number of ketones is 2. The lowest BCUT2D eigenvalue weighted by molar-refractivity contribution is -0.854. The highest BCUT2D eigenvalue weighted by Crippen LogP contribution is 2.29. The molecule has 0 N–H and O–H groups in total. The van der Waals surface area contributed by atoms with Crippen LogP contribution in [0, 0.1) is 20.2 Å². The monoisotopic (exact) mass is 404 g/mol. The fourth-order valence-electron chi connectivity index (χ4n) is 2.62. The first-order valence-electron chi connectivity index (χ1n) is 8.03. The van der Waals surface area contributed by atoms with E-state index in [4.69, 9.17) is 14.2 Å². The number of Topliss-reactive ketones (excluding diaryl/α,β-unsaturated/α-hetero) is 2. The van der Waals surface area contributed by atoms with E-state index in [-0.39, 0.29) is 42.1 Å². The smallest absolute Gasteiger partial charge is 0.296 e. The van der Waals surface area contributed by atoms with Crippen LogP contribution in [-0.4, -0.2) is 55.0 Å². The predicted octanol–water partition coefficient (Wildman–Crippen LogP) is 0.887. The Kier molecular flexibility index (Phi) is 8.31. The molecule has 0 aromatic heterocycles. The van der Waals surface area contributed by atoms with Gasteiger partial charge in [0.25, 0.3) is 16.5 Å². The van der Waals surface area contributed by atoms with Crippen LogP contribution in [-0.2, 0) is 33.5 Å². The molecule has 0 aromatic rings. The van der Waals surface area contributed by atoms with Crippen LogP contribution in [0.15, 0.2) is 22.7 Å². The van der Waals surface area contributed by atoms with Gasteiger partial charge in [-0.2, -0.15) is 0 Å². The van der Waals surface area contributed by atoms with Gasteiger partial charge >= 0.3 is 0 Å². The van der Waals surface area contributed by atoms with Crippen molar-refractivity contribution in [2.45, 2.75) is 39.1 Å². The van der Waals surface area contributed by atoms with Crippen molar-refractivity contribution in [1.82, 2.24) is 0 Å². The summed E-state index contributed by atoms with van der Waals surface area (Å²) >= 11 is 0. The molecule has 28 heavy (non-hydrogen) atoms. The summed E-state index contributed by atoms with van der Waals surface area (Å²) in [5.41, 5.74) is 0.160. The zero-order chi connectivity index (χ0) is 21.4. The topological polar surface area (TPSA) is 167 Å². The third-order valence-electron chi connectivity index (χ3n) is 3.84. The Morgan fingerprint density at radius 2 is 1.46 bits per heavy atom. The Labute approximate surface area is 159 Å². The Bertz CT molecular complexity index is 697. The quantitative estimate of drug-likeness (QED) is 0.196. The number of ether oxygens (including phenoxy) is 3. The average Bonchev–Trinajstić information content (AvgIpc) is 2.62. The van der Waals surface area contributed by atoms with E-state index in [0.29, 0.717) is 0 Å². The number of carbonyl (C=O) groups excluding carboxylic acids is 2. The molecule has 0 bridgehead atoms. The van der Waals surface area contributed by atoms with Gasteiger partial charge in [0.2, 0.25) is 23.1 Å². The fraction of sp³-hybridized carbons (Fsp3) is 0.600. The second kappa shape index (κ2) is 10.2. The summed E-state index contributed by atoms with van der Waals surface area (Å²) in [4.78, 5) is 54.5. The van der Waals surface area contributed by atoms with E-state index in [2.05, 4.69) is 9.68 Å². The molecule has 156 valence electrons. The molecule has 0 saturated carbocycles. The summed E-state index contributed by atoms with van der Waals surface area (Å²) in [7, 11) is 2.42. The predicted molar refractivity (Wildman–Crippen MR) is 88.4 cm³/mol. The van der Waals surface area contributed by atoms with Crippen LogP contribution >= 0.6 is 0 Å². The first kappa shape index (κ1) is 22.8. The molecular formula is C15H20N2O11. The van der Waals surface area contributed by atoms with Gasteiger partial charge in [-0.3, -0.25) is 19.3 Å². The molecule has 0 fully saturated rings. The van der Waals surface area contributed by atoms with Crippen LogP contribution < -0.4 is 0 Å². The Morgan fingerprint density at radius 3 is 1.89 bits per heavy atom. The van der Waals surface area contributed by atoms with E-state index in [1.54, 1.807) is 6.92 Å². The van der Waals surface area contributed by atoms with Gasteiger partial charge in [0.15, 0.2) is 0 Å². The van der Waals surface area contributed by atoms with Gasteiger partial charge in [-0.15, -0.1) is 20.2 Å². The normalized spacial score (nSPS) is 15.6. The maximum absolute atomic E-state index is 12.6. The van der Waals surface area contributed by atoms with Crippen LogP contribution in [0.1, 0.15) is 26.7 Å². The van der Waals surface area contributed by atoms with E-state index in [9.17, 15) is 29.8 Å². The number of methoxy groups -OCH3 is 2. The molecule has 0 spiro atoms. The lowest BCUT2D eigenvalue weighted by Gasteiger charge is -2.25. The van der Waals surface area contributed by atoms with Crippen molar-refractivity contribution in [2.75, 3.05) is 20.8 Å². The zero-order valence-electron chi connectivity index (χ0n) is 15.7. The van der Waals surface area contributed by atoms with Crippen molar-refractivity contribution in [3.63, 3.8) is 0 Å². The number of hydrogen-bond donors (Lipinski definition) is 0. The first-order valence-corrected chi connectivity index (χ1v) is 8.03. The minimum Gasteiger partial charge on any atom is -0.489 e. The second-order valence-electron chi connectivity index (χ2n) is 5.39. The van der Waals surface area contributed by atoms with Gasteiger partial charge in [-0.05, 0) is 26.7 Å². The molecule has 13 nitrogen and oxygen atoms in total. The summed E-state index contributed by atoms with van der Waals surface area (Å²) < 4.78 is 15.1. The molecule has 1 aliphatic rings. The van der Waals surface area contributed by atoms with Crippen molar-refractivity contribution in [3.05, 3.63) is 42.9 Å². The first-order chi connectivity index (χ1) is 13.2. The molecular weight excluding hydrogens is 384 g/mol. The third kappa shape index (κ3) is 5.39. The molecule has 13 heteroatoms. The van der Waals surface area contributed by atoms with Crippen LogP contribution in [0.5, 0.6) is 0 Å². The lowest BCUT2D eigenvalue weighted by Crippen LogP contribution is -2.38. The largest absolute Gasteiger partial charge is 0.489 e. The SMILES string of the molecule is CCOC(CCC1=C(C)C(=O)C(OC)=C(OC)C1=O)C(O[N+](=O)[O-])O[N+](=O)[O-]. The van der Waals surface area contributed by atoms with Crippen molar-refractivity contribution < 1.29 is 43.6 Å². The number of nitrogens with zero attached hydrogens (tertiary/aromatic N) is 2. The molecule has 1 rings (SSSR count). The van der Waals surface area contributed by atoms with Gasteiger partial charge in [0.05, 0.1) is 14.2 Å². The molecule has 0 amide bonds. The Morgan fingerprint density at radius 1 is 0.964 bits per heavy atom. The van der Waals surface area contributed by atoms with Gasteiger partial charge in [0, 0.05) is 17.8 Å². The van der Waals surface area contributed by atoms with Gasteiger partial charge in [-0.25, -0.2) is 0 Å². The highest BCUT2D eigenvalue weighted by atomic mass is 17.1. The maximum Gasteiger partial charge on any atom is 0.296 e. The molecule has 0 radical (unpaired) electrons. The molecule has 0 aromatic carbocycles. The molecule has 1 aliphatic carbocycles. The minimum atomic E-state index is -1.97. The number of rotatable bonds is 12. The standard InChI is InChI=1S/C15H20N2O11/c1-5-26-10(15(27-16(20)21)28-17(22)23)7-6-9-8(2)11(18)13(24-3)14(25-4)12(9)19/h10,15H,5-7H2,1-4H3. The molecule has 0 heterocycles. The molecule has 0 aliphatic heterocycles. The van der Waals surface area contributed by atoms with Gasteiger partial charge < -0.3 is 14.2 Å². The zero-order valence-corrected chi connectivity index (χ0v) is 15.7. The summed E-state index contributed by atoms with van der Waals surface area (Å²) in [6.07, 6.45) is -3.48. The van der Waals surface area contributed by atoms with Crippen LogP contribution in [0.4, 0.5) is 0 Å². The fourth-order valence-corrected chi connectivity index (χ4v) is 2.62. The third-order valence-corrected chi connectivity index (χ3v) is 3.84. The number of carbonyl (C=O) groups is 2.